The summed E-state index contributed by atoms with van der Waals surface area (Å²) < 4.78 is 41.9. The summed E-state index contributed by atoms with van der Waals surface area (Å²) in [6.07, 6.45) is 0.136. The van der Waals surface area contributed by atoms with Crippen molar-refractivity contribution in [3.05, 3.63) is 0 Å². The molecule has 0 unspecified atom stereocenters. The zero-order valence-corrected chi connectivity index (χ0v) is 11.3. The van der Waals surface area contributed by atoms with Gasteiger partial charge in [0.2, 0.25) is 0 Å². The third kappa shape index (κ3) is 8.08. The first kappa shape index (κ1) is 16.3. The van der Waals surface area contributed by atoms with Crippen molar-refractivity contribution in [2.45, 2.75) is 57.7 Å². The van der Waals surface area contributed by atoms with Gasteiger partial charge >= 0.3 is 12.1 Å². The molecule has 0 radical (unpaired) electrons. The van der Waals surface area contributed by atoms with Gasteiger partial charge in [-0.25, -0.2) is 0 Å². The molecular formula is C13H22F3NO2. The molecule has 1 aliphatic rings. The normalized spacial score (nSPS) is 15.8. The van der Waals surface area contributed by atoms with Crippen LogP contribution in [0.1, 0.15) is 45.4 Å². The fraction of sp³-hybridized carbons (Fsp3) is 0.923. The molecule has 0 saturated heterocycles. The van der Waals surface area contributed by atoms with Crippen LogP contribution in [0, 0.1) is 0 Å². The molecule has 0 amide bonds. The van der Waals surface area contributed by atoms with Gasteiger partial charge in [0.25, 0.3) is 0 Å². The lowest BCUT2D eigenvalue weighted by molar-refractivity contribution is -0.147. The van der Waals surface area contributed by atoms with Gasteiger partial charge in [0.15, 0.2) is 0 Å². The predicted octanol–water partition coefficient (Wildman–Crippen LogP) is 3.14. The van der Waals surface area contributed by atoms with Crippen molar-refractivity contribution in [3.63, 3.8) is 0 Å². The number of nitrogens with zero attached hydrogens (tertiary/aromatic N) is 1. The van der Waals surface area contributed by atoms with E-state index in [0.717, 1.165) is 19.3 Å². The smallest absolute Gasteiger partial charge is 0.401 e. The predicted molar refractivity (Wildman–Crippen MR) is 65.8 cm³/mol. The summed E-state index contributed by atoms with van der Waals surface area (Å²) in [6.45, 7) is 1.78. The largest absolute Gasteiger partial charge is 0.466 e. The van der Waals surface area contributed by atoms with E-state index in [9.17, 15) is 18.0 Å². The molecule has 1 rings (SSSR count). The van der Waals surface area contributed by atoms with E-state index in [2.05, 4.69) is 0 Å². The molecule has 0 bridgehead atoms. The van der Waals surface area contributed by atoms with Gasteiger partial charge in [-0.05, 0) is 39.2 Å². The Morgan fingerprint density at radius 2 is 1.95 bits per heavy atom. The van der Waals surface area contributed by atoms with E-state index in [1.165, 1.54) is 4.90 Å². The Bertz CT molecular complexity index is 278. The molecule has 112 valence electrons. The molecule has 1 fully saturated rings. The number of carbonyl (C=O) groups is 1. The van der Waals surface area contributed by atoms with Gasteiger partial charge < -0.3 is 4.74 Å². The van der Waals surface area contributed by atoms with Crippen LogP contribution in [0.25, 0.3) is 0 Å². The first-order chi connectivity index (χ1) is 8.92. The number of unbranched alkanes of at least 4 members (excludes halogenated alkanes) is 2. The minimum absolute atomic E-state index is 0.117. The van der Waals surface area contributed by atoms with Crippen molar-refractivity contribution in [3.8, 4) is 0 Å². The Morgan fingerprint density at radius 1 is 1.26 bits per heavy atom. The van der Waals surface area contributed by atoms with Gasteiger partial charge in [0.05, 0.1) is 13.2 Å². The molecule has 0 atom stereocenters. The maximum Gasteiger partial charge on any atom is 0.401 e. The van der Waals surface area contributed by atoms with Crippen LogP contribution in [0.4, 0.5) is 13.2 Å². The highest BCUT2D eigenvalue weighted by atomic mass is 19.4. The molecule has 0 aromatic rings. The Hall–Kier alpha value is -0.780. The van der Waals surface area contributed by atoms with Crippen molar-refractivity contribution >= 4 is 5.97 Å². The summed E-state index contributed by atoms with van der Waals surface area (Å²) in [5.74, 6) is -0.225. The monoisotopic (exact) mass is 281 g/mol. The Morgan fingerprint density at radius 3 is 2.47 bits per heavy atom. The van der Waals surface area contributed by atoms with E-state index < -0.39 is 12.7 Å². The van der Waals surface area contributed by atoms with Crippen LogP contribution >= 0.6 is 0 Å². The number of halogens is 3. The van der Waals surface area contributed by atoms with Crippen molar-refractivity contribution in [1.82, 2.24) is 4.90 Å². The molecule has 0 aliphatic heterocycles. The third-order valence-electron chi connectivity index (χ3n) is 3.08. The molecule has 0 heterocycles. The van der Waals surface area contributed by atoms with Crippen LogP contribution in [0.5, 0.6) is 0 Å². The van der Waals surface area contributed by atoms with Crippen molar-refractivity contribution in [2.75, 3.05) is 19.7 Å². The summed E-state index contributed by atoms with van der Waals surface area (Å²) in [5.41, 5.74) is 0. The lowest BCUT2D eigenvalue weighted by Crippen LogP contribution is -2.36. The second-order valence-corrected chi connectivity index (χ2v) is 4.93. The zero-order valence-electron chi connectivity index (χ0n) is 11.3. The van der Waals surface area contributed by atoms with E-state index in [4.69, 9.17) is 4.74 Å². The number of hydrogen-bond acceptors (Lipinski definition) is 3. The highest BCUT2D eigenvalue weighted by Gasteiger charge is 2.37. The van der Waals surface area contributed by atoms with Gasteiger partial charge in [-0.3, -0.25) is 9.69 Å². The Balaban J connectivity index is 2.10. The van der Waals surface area contributed by atoms with Crippen molar-refractivity contribution in [2.24, 2.45) is 0 Å². The first-order valence-electron chi connectivity index (χ1n) is 6.89. The van der Waals surface area contributed by atoms with Gasteiger partial charge in [0, 0.05) is 12.5 Å². The van der Waals surface area contributed by atoms with Crippen LogP contribution in [0.15, 0.2) is 0 Å². The molecule has 0 aromatic carbocycles. The fourth-order valence-corrected chi connectivity index (χ4v) is 2.05. The molecule has 3 nitrogen and oxygen atoms in total. The average Bonchev–Trinajstić information content (AvgIpc) is 3.09. The second kappa shape index (κ2) is 7.72. The highest BCUT2D eigenvalue weighted by Crippen LogP contribution is 2.30. The van der Waals surface area contributed by atoms with Gasteiger partial charge in [0.1, 0.15) is 0 Å². The van der Waals surface area contributed by atoms with E-state index >= 15 is 0 Å². The van der Waals surface area contributed by atoms with Crippen molar-refractivity contribution < 1.29 is 22.7 Å². The van der Waals surface area contributed by atoms with E-state index in [1.807, 2.05) is 0 Å². The van der Waals surface area contributed by atoms with Crippen LogP contribution in [0.3, 0.4) is 0 Å². The molecule has 1 saturated carbocycles. The lowest BCUT2D eigenvalue weighted by Gasteiger charge is -2.23. The minimum Gasteiger partial charge on any atom is -0.466 e. The molecule has 0 N–H and O–H groups in total. The lowest BCUT2D eigenvalue weighted by atomic mass is 10.2. The topological polar surface area (TPSA) is 29.5 Å². The Kier molecular flexibility index (Phi) is 6.62. The van der Waals surface area contributed by atoms with E-state index in [-0.39, 0.29) is 12.0 Å². The third-order valence-corrected chi connectivity index (χ3v) is 3.08. The van der Waals surface area contributed by atoms with E-state index in [1.54, 1.807) is 6.92 Å². The summed E-state index contributed by atoms with van der Waals surface area (Å²) in [5, 5.41) is 0. The first-order valence-corrected chi connectivity index (χ1v) is 6.89. The number of ether oxygens (including phenoxy) is 1. The molecule has 0 spiro atoms. The van der Waals surface area contributed by atoms with Gasteiger partial charge in [-0.2, -0.15) is 13.2 Å². The summed E-state index contributed by atoms with van der Waals surface area (Å²) in [6, 6.07) is 0.117. The highest BCUT2D eigenvalue weighted by molar-refractivity contribution is 5.69. The van der Waals surface area contributed by atoms with Gasteiger partial charge in [-0.15, -0.1) is 0 Å². The van der Waals surface area contributed by atoms with Crippen LogP contribution < -0.4 is 0 Å². The molecule has 19 heavy (non-hydrogen) atoms. The summed E-state index contributed by atoms with van der Waals surface area (Å²) >= 11 is 0. The standard InChI is InChI=1S/C13H22F3NO2/c1-2-19-12(18)6-4-3-5-9-17(11-7-8-11)10-13(14,15)16/h11H,2-10H2,1H3. The maximum absolute atomic E-state index is 12.4. The number of rotatable bonds is 9. The number of alkyl halides is 3. The number of hydrogen-bond donors (Lipinski definition) is 0. The van der Waals surface area contributed by atoms with Gasteiger partial charge in [-0.1, -0.05) is 6.42 Å². The summed E-state index contributed by atoms with van der Waals surface area (Å²) in [4.78, 5) is 12.6. The fourth-order valence-electron chi connectivity index (χ4n) is 2.05. The zero-order chi connectivity index (χ0) is 14.3. The van der Waals surface area contributed by atoms with E-state index in [0.29, 0.717) is 32.4 Å². The molecular weight excluding hydrogens is 259 g/mol. The number of esters is 1. The van der Waals surface area contributed by atoms with Crippen LogP contribution in [-0.4, -0.2) is 42.8 Å². The molecule has 6 heteroatoms. The number of carbonyl (C=O) groups excluding carboxylic acids is 1. The maximum atomic E-state index is 12.4. The van der Waals surface area contributed by atoms with Crippen LogP contribution in [0.2, 0.25) is 0 Å². The molecule has 1 aliphatic carbocycles. The average molecular weight is 281 g/mol. The second-order valence-electron chi connectivity index (χ2n) is 4.93. The minimum atomic E-state index is -4.12. The molecule has 0 aromatic heterocycles. The Labute approximate surface area is 112 Å². The van der Waals surface area contributed by atoms with Crippen molar-refractivity contribution in [1.29, 1.82) is 0 Å². The summed E-state index contributed by atoms with van der Waals surface area (Å²) in [7, 11) is 0. The SMILES string of the molecule is CCOC(=O)CCCCCN(CC(F)(F)F)C1CC1. The van der Waals surface area contributed by atoms with Crippen LogP contribution in [-0.2, 0) is 9.53 Å². The quantitative estimate of drug-likeness (QED) is 0.480.